The minimum atomic E-state index is -0.288. The number of halogens is 2. The Labute approximate surface area is 177 Å². The molecule has 1 aromatic rings. The monoisotopic (exact) mass is 489 g/mol. The van der Waals surface area contributed by atoms with Gasteiger partial charge < -0.3 is 20.1 Å². The normalized spacial score (nSPS) is 29.0. The summed E-state index contributed by atoms with van der Waals surface area (Å²) in [6.07, 6.45) is 5.29. The number of hydrogen-bond donors (Lipinski definition) is 2. The van der Waals surface area contributed by atoms with Crippen molar-refractivity contribution in [2.45, 2.75) is 50.9 Å². The summed E-state index contributed by atoms with van der Waals surface area (Å²) in [5.41, 5.74) is 0.322. The van der Waals surface area contributed by atoms with E-state index in [4.69, 9.17) is 9.47 Å². The number of rotatable bonds is 5. The van der Waals surface area contributed by atoms with Gasteiger partial charge in [0.05, 0.1) is 12.6 Å². The SMILES string of the molecule is CN=C(NCC(C)Oc1cccc(F)c1)NC1C2CCOC2C12CCC2.I. The molecule has 0 radical (unpaired) electrons. The van der Waals surface area contributed by atoms with E-state index in [0.717, 1.165) is 19.0 Å². The molecule has 150 valence electrons. The highest BCUT2D eigenvalue weighted by Crippen LogP contribution is 2.62. The lowest BCUT2D eigenvalue weighted by Gasteiger charge is -2.63. The number of nitrogens with zero attached hydrogens (tertiary/aromatic N) is 1. The lowest BCUT2D eigenvalue weighted by molar-refractivity contribution is -0.171. The molecule has 4 atom stereocenters. The van der Waals surface area contributed by atoms with Crippen molar-refractivity contribution in [3.63, 3.8) is 0 Å². The van der Waals surface area contributed by atoms with Crippen molar-refractivity contribution in [1.82, 2.24) is 10.6 Å². The zero-order chi connectivity index (χ0) is 18.1. The predicted octanol–water partition coefficient (Wildman–Crippen LogP) is 3.33. The molecular formula is C20H29FIN3O2. The Morgan fingerprint density at radius 3 is 2.93 bits per heavy atom. The summed E-state index contributed by atoms with van der Waals surface area (Å²) in [4.78, 5) is 4.38. The summed E-state index contributed by atoms with van der Waals surface area (Å²) in [6, 6.07) is 6.69. The van der Waals surface area contributed by atoms with Crippen molar-refractivity contribution in [3.05, 3.63) is 30.1 Å². The highest BCUT2D eigenvalue weighted by Gasteiger charge is 2.66. The lowest BCUT2D eigenvalue weighted by atomic mass is 9.46. The second-order valence-electron chi connectivity index (χ2n) is 7.79. The van der Waals surface area contributed by atoms with Crippen molar-refractivity contribution in [3.8, 4) is 5.75 Å². The highest BCUT2D eigenvalue weighted by atomic mass is 127. The molecule has 1 aliphatic heterocycles. The first kappa shape index (κ1) is 20.6. The summed E-state index contributed by atoms with van der Waals surface area (Å²) in [5.74, 6) is 1.67. The van der Waals surface area contributed by atoms with E-state index in [-0.39, 0.29) is 35.9 Å². The Hall–Kier alpha value is -1.09. The number of nitrogens with one attached hydrogen (secondary N) is 2. The second-order valence-corrected chi connectivity index (χ2v) is 7.79. The minimum Gasteiger partial charge on any atom is -0.489 e. The molecule has 1 aromatic carbocycles. The third-order valence-electron chi connectivity index (χ3n) is 6.24. The van der Waals surface area contributed by atoms with Crippen LogP contribution in [0.25, 0.3) is 0 Å². The topological polar surface area (TPSA) is 54.9 Å². The Balaban J connectivity index is 0.00000210. The van der Waals surface area contributed by atoms with Crippen LogP contribution in [0.5, 0.6) is 5.75 Å². The first-order valence-electron chi connectivity index (χ1n) is 9.63. The molecule has 0 amide bonds. The fourth-order valence-electron chi connectivity index (χ4n) is 4.85. The van der Waals surface area contributed by atoms with E-state index in [1.165, 1.54) is 31.4 Å². The molecule has 0 bridgehead atoms. The molecule has 2 aliphatic carbocycles. The molecule has 3 fully saturated rings. The van der Waals surface area contributed by atoms with Gasteiger partial charge in [-0.05, 0) is 38.3 Å². The van der Waals surface area contributed by atoms with Crippen LogP contribution in [0, 0.1) is 17.2 Å². The van der Waals surface area contributed by atoms with Gasteiger partial charge in [0.2, 0.25) is 0 Å². The van der Waals surface area contributed by atoms with Crippen LogP contribution in [0.1, 0.15) is 32.6 Å². The molecule has 1 spiro atoms. The molecule has 27 heavy (non-hydrogen) atoms. The minimum absolute atomic E-state index is 0. The van der Waals surface area contributed by atoms with Crippen molar-refractivity contribution < 1.29 is 13.9 Å². The smallest absolute Gasteiger partial charge is 0.191 e. The van der Waals surface area contributed by atoms with E-state index in [1.54, 1.807) is 19.2 Å². The molecular weight excluding hydrogens is 460 g/mol. The lowest BCUT2D eigenvalue weighted by Crippen LogP contribution is -2.72. The highest BCUT2D eigenvalue weighted by molar-refractivity contribution is 14.0. The van der Waals surface area contributed by atoms with Gasteiger partial charge in [0, 0.05) is 37.1 Å². The standard InChI is InChI=1S/C20H28FN3O2.HI/c1-13(26-15-6-3-5-14(21)11-15)12-23-19(22-2)24-17-16-7-10-25-18(16)20(17)8-4-9-20;/h3,5-6,11,13,16-18H,4,7-10,12H2,1-2H3,(H2,22,23,24);1H. The number of ether oxygens (including phenoxy) is 2. The number of hydrogen-bond acceptors (Lipinski definition) is 3. The van der Waals surface area contributed by atoms with Gasteiger partial charge in [0.1, 0.15) is 17.7 Å². The maximum atomic E-state index is 13.3. The first-order chi connectivity index (χ1) is 12.6. The maximum absolute atomic E-state index is 13.3. The summed E-state index contributed by atoms with van der Waals surface area (Å²) in [6.45, 7) is 3.45. The van der Waals surface area contributed by atoms with E-state index in [1.807, 2.05) is 6.92 Å². The quantitative estimate of drug-likeness (QED) is 0.379. The van der Waals surface area contributed by atoms with Crippen LogP contribution in [0.15, 0.2) is 29.3 Å². The van der Waals surface area contributed by atoms with Crippen LogP contribution in [-0.2, 0) is 4.74 Å². The fraction of sp³-hybridized carbons (Fsp3) is 0.650. The van der Waals surface area contributed by atoms with Crippen LogP contribution in [0.3, 0.4) is 0 Å². The molecule has 4 unspecified atom stereocenters. The average Bonchev–Trinajstić information content (AvgIpc) is 2.99. The molecule has 7 heteroatoms. The Morgan fingerprint density at radius 1 is 1.44 bits per heavy atom. The maximum Gasteiger partial charge on any atom is 0.191 e. The average molecular weight is 489 g/mol. The van der Waals surface area contributed by atoms with Gasteiger partial charge in [-0.2, -0.15) is 0 Å². The van der Waals surface area contributed by atoms with E-state index >= 15 is 0 Å². The largest absolute Gasteiger partial charge is 0.489 e. The Bertz CT molecular complexity index is 683. The van der Waals surface area contributed by atoms with Crippen molar-refractivity contribution in [2.24, 2.45) is 16.3 Å². The molecule has 2 N–H and O–H groups in total. The van der Waals surface area contributed by atoms with Crippen molar-refractivity contribution in [1.29, 1.82) is 0 Å². The molecule has 1 saturated heterocycles. The van der Waals surface area contributed by atoms with Crippen LogP contribution in [0.4, 0.5) is 4.39 Å². The van der Waals surface area contributed by atoms with Gasteiger partial charge in [-0.3, -0.25) is 4.99 Å². The van der Waals surface area contributed by atoms with Crippen LogP contribution in [0.2, 0.25) is 0 Å². The van der Waals surface area contributed by atoms with Crippen LogP contribution >= 0.6 is 24.0 Å². The molecule has 3 aliphatic rings. The first-order valence-corrected chi connectivity index (χ1v) is 9.63. The van der Waals surface area contributed by atoms with Gasteiger partial charge in [-0.15, -0.1) is 24.0 Å². The summed E-state index contributed by atoms with van der Waals surface area (Å²) >= 11 is 0. The number of benzene rings is 1. The number of aliphatic imine (C=N–C) groups is 1. The number of fused-ring (bicyclic) bond motifs is 2. The third kappa shape index (κ3) is 3.90. The van der Waals surface area contributed by atoms with E-state index in [2.05, 4.69) is 15.6 Å². The zero-order valence-corrected chi connectivity index (χ0v) is 18.2. The van der Waals surface area contributed by atoms with E-state index in [0.29, 0.717) is 35.8 Å². The Kier molecular flexibility index (Phi) is 6.50. The van der Waals surface area contributed by atoms with Gasteiger partial charge in [-0.25, -0.2) is 4.39 Å². The van der Waals surface area contributed by atoms with Gasteiger partial charge in [-0.1, -0.05) is 12.5 Å². The molecule has 1 heterocycles. The summed E-state index contributed by atoms with van der Waals surface area (Å²) < 4.78 is 25.0. The van der Waals surface area contributed by atoms with Crippen LogP contribution in [-0.4, -0.2) is 44.4 Å². The second kappa shape index (κ2) is 8.51. The molecule has 5 nitrogen and oxygen atoms in total. The van der Waals surface area contributed by atoms with E-state index < -0.39 is 0 Å². The fourth-order valence-corrected chi connectivity index (χ4v) is 4.85. The molecule has 2 saturated carbocycles. The van der Waals surface area contributed by atoms with Gasteiger partial charge in [0.15, 0.2) is 5.96 Å². The van der Waals surface area contributed by atoms with Gasteiger partial charge in [0.25, 0.3) is 0 Å². The zero-order valence-electron chi connectivity index (χ0n) is 15.9. The van der Waals surface area contributed by atoms with E-state index in [9.17, 15) is 4.39 Å². The summed E-state index contributed by atoms with van der Waals surface area (Å²) in [5, 5.41) is 6.99. The van der Waals surface area contributed by atoms with Crippen LogP contribution < -0.4 is 15.4 Å². The molecule has 4 rings (SSSR count). The predicted molar refractivity (Wildman–Crippen MR) is 114 cm³/mol. The summed E-state index contributed by atoms with van der Waals surface area (Å²) in [7, 11) is 1.79. The third-order valence-corrected chi connectivity index (χ3v) is 6.24. The Morgan fingerprint density at radius 2 is 2.26 bits per heavy atom. The molecule has 0 aromatic heterocycles. The van der Waals surface area contributed by atoms with Crippen molar-refractivity contribution in [2.75, 3.05) is 20.2 Å². The van der Waals surface area contributed by atoms with Crippen molar-refractivity contribution >= 4 is 29.9 Å². The number of guanidine groups is 1. The van der Waals surface area contributed by atoms with Gasteiger partial charge >= 0.3 is 0 Å².